The summed E-state index contributed by atoms with van der Waals surface area (Å²) < 4.78 is 0. The van der Waals surface area contributed by atoms with Crippen LogP contribution in [0.2, 0.25) is 0 Å². The second-order valence-electron chi connectivity index (χ2n) is 7.50. The standard InChI is InChI=1S/C21H26N4O4/c1-2-15(13-18(26)27)24-21(29)19(20(28)14-5-9-22-10-6-14)25(16-3-4-16)17-7-11-23-12-8-17/h1,7-8,11-12,14-16,19,22H,3-6,9-10,13H2,(H,24,29)(H,26,27)/t15-,19?/m1/s1. The summed E-state index contributed by atoms with van der Waals surface area (Å²) in [6.07, 6.45) is 11.4. The first-order chi connectivity index (χ1) is 14.0. The highest BCUT2D eigenvalue weighted by molar-refractivity contribution is 6.09. The van der Waals surface area contributed by atoms with Crippen LogP contribution in [0.15, 0.2) is 24.5 Å². The van der Waals surface area contributed by atoms with E-state index in [1.807, 2.05) is 4.90 Å². The highest BCUT2D eigenvalue weighted by Gasteiger charge is 2.44. The molecule has 2 heterocycles. The molecule has 2 atom stereocenters. The summed E-state index contributed by atoms with van der Waals surface area (Å²) in [6.45, 7) is 1.46. The number of terminal acetylenes is 1. The maximum Gasteiger partial charge on any atom is 0.306 e. The number of aromatic nitrogens is 1. The zero-order chi connectivity index (χ0) is 20.8. The Labute approximate surface area is 170 Å². The molecule has 1 aromatic rings. The lowest BCUT2D eigenvalue weighted by atomic mass is 9.88. The van der Waals surface area contributed by atoms with Gasteiger partial charge in [0.25, 0.3) is 5.91 Å². The number of carbonyl (C=O) groups is 3. The molecule has 154 valence electrons. The number of carboxylic acids is 1. The Morgan fingerprint density at radius 1 is 1.24 bits per heavy atom. The molecular formula is C21H26N4O4. The summed E-state index contributed by atoms with van der Waals surface area (Å²) in [5.74, 6) is 0.286. The van der Waals surface area contributed by atoms with Crippen LogP contribution in [0.4, 0.5) is 5.69 Å². The maximum atomic E-state index is 13.5. The van der Waals surface area contributed by atoms with Gasteiger partial charge in [-0.15, -0.1) is 6.42 Å². The molecule has 8 heteroatoms. The van der Waals surface area contributed by atoms with Crippen molar-refractivity contribution in [2.24, 2.45) is 5.92 Å². The summed E-state index contributed by atoms with van der Waals surface area (Å²) in [6, 6.07) is 1.64. The second-order valence-corrected chi connectivity index (χ2v) is 7.50. The highest BCUT2D eigenvalue weighted by atomic mass is 16.4. The maximum absolute atomic E-state index is 13.5. The zero-order valence-electron chi connectivity index (χ0n) is 16.2. The van der Waals surface area contributed by atoms with E-state index in [1.165, 1.54) is 0 Å². The smallest absolute Gasteiger partial charge is 0.306 e. The first kappa shape index (κ1) is 20.8. The summed E-state index contributed by atoms with van der Waals surface area (Å²) in [5.41, 5.74) is 0.750. The lowest BCUT2D eigenvalue weighted by molar-refractivity contribution is -0.137. The second kappa shape index (κ2) is 9.52. The molecule has 1 aromatic heterocycles. The number of hydrogen-bond acceptors (Lipinski definition) is 6. The molecule has 1 aliphatic carbocycles. The average molecular weight is 398 g/mol. The summed E-state index contributed by atoms with van der Waals surface area (Å²) >= 11 is 0. The molecule has 0 bridgehead atoms. The van der Waals surface area contributed by atoms with Crippen LogP contribution in [0.1, 0.15) is 32.1 Å². The summed E-state index contributed by atoms with van der Waals surface area (Å²) in [5, 5.41) is 14.9. The Balaban J connectivity index is 1.90. The Kier molecular flexibility index (Phi) is 6.83. The molecule has 0 aromatic carbocycles. The first-order valence-electron chi connectivity index (χ1n) is 9.92. The van der Waals surface area contributed by atoms with Crippen LogP contribution in [-0.2, 0) is 14.4 Å². The van der Waals surface area contributed by atoms with Gasteiger partial charge in [0, 0.05) is 30.0 Å². The van der Waals surface area contributed by atoms with Gasteiger partial charge in [-0.25, -0.2) is 0 Å². The Morgan fingerprint density at radius 3 is 2.45 bits per heavy atom. The third-order valence-electron chi connectivity index (χ3n) is 5.34. The molecule has 0 spiro atoms. The Morgan fingerprint density at radius 2 is 1.90 bits per heavy atom. The number of pyridine rings is 1. The van der Waals surface area contributed by atoms with E-state index in [0.29, 0.717) is 12.8 Å². The quantitative estimate of drug-likeness (QED) is 0.412. The number of rotatable bonds is 9. The van der Waals surface area contributed by atoms with Crippen LogP contribution in [0.5, 0.6) is 0 Å². The fraction of sp³-hybridized carbons (Fsp3) is 0.524. The molecule has 2 fully saturated rings. The summed E-state index contributed by atoms with van der Waals surface area (Å²) in [4.78, 5) is 43.6. The van der Waals surface area contributed by atoms with Crippen LogP contribution in [0.3, 0.4) is 0 Å². The molecule has 29 heavy (non-hydrogen) atoms. The van der Waals surface area contributed by atoms with Gasteiger partial charge in [-0.3, -0.25) is 19.4 Å². The third kappa shape index (κ3) is 5.33. The molecule has 8 nitrogen and oxygen atoms in total. The number of carboxylic acid groups (broad SMARTS) is 1. The van der Waals surface area contributed by atoms with Crippen molar-refractivity contribution in [1.82, 2.24) is 15.6 Å². The van der Waals surface area contributed by atoms with Gasteiger partial charge in [0.1, 0.15) is 6.04 Å². The number of piperidine rings is 1. The highest BCUT2D eigenvalue weighted by Crippen LogP contribution is 2.35. The number of ketones is 1. The lowest BCUT2D eigenvalue weighted by Crippen LogP contribution is -2.57. The van der Waals surface area contributed by atoms with Gasteiger partial charge in [-0.1, -0.05) is 5.92 Å². The molecule has 2 aliphatic rings. The zero-order valence-corrected chi connectivity index (χ0v) is 16.2. The SMILES string of the molecule is C#C[C@H](CC(=O)O)NC(=O)C(C(=O)C1CCNCC1)N(c1ccncc1)C1CC1. The number of Topliss-reactive ketones (excluding diaryl/α,β-unsaturated/α-hetero) is 1. The number of nitrogens with zero attached hydrogens (tertiary/aromatic N) is 2. The largest absolute Gasteiger partial charge is 0.481 e. The number of carbonyl (C=O) groups excluding carboxylic acids is 2. The van der Waals surface area contributed by atoms with Gasteiger partial charge in [0.05, 0.1) is 6.42 Å². The minimum Gasteiger partial charge on any atom is -0.481 e. The molecule has 1 unspecified atom stereocenters. The van der Waals surface area contributed by atoms with Crippen molar-refractivity contribution < 1.29 is 19.5 Å². The van der Waals surface area contributed by atoms with E-state index in [9.17, 15) is 14.4 Å². The van der Waals surface area contributed by atoms with Gasteiger partial charge >= 0.3 is 5.97 Å². The topological polar surface area (TPSA) is 112 Å². The van der Waals surface area contributed by atoms with Crippen LogP contribution >= 0.6 is 0 Å². The van der Waals surface area contributed by atoms with Crippen LogP contribution in [-0.4, -0.2) is 59.0 Å². The van der Waals surface area contributed by atoms with Crippen molar-refractivity contribution in [3.8, 4) is 12.3 Å². The van der Waals surface area contributed by atoms with E-state index < -0.39 is 30.4 Å². The number of nitrogens with one attached hydrogen (secondary N) is 2. The number of aliphatic carboxylic acids is 1. The lowest BCUT2D eigenvalue weighted by Gasteiger charge is -2.35. The van der Waals surface area contributed by atoms with E-state index in [4.69, 9.17) is 11.5 Å². The van der Waals surface area contributed by atoms with Gasteiger partial charge < -0.3 is 20.6 Å². The van der Waals surface area contributed by atoms with Crippen LogP contribution in [0.25, 0.3) is 0 Å². The van der Waals surface area contributed by atoms with E-state index >= 15 is 0 Å². The van der Waals surface area contributed by atoms with Gasteiger partial charge in [-0.2, -0.15) is 0 Å². The van der Waals surface area contributed by atoms with Gasteiger partial charge in [0.2, 0.25) is 0 Å². The monoisotopic (exact) mass is 398 g/mol. The van der Waals surface area contributed by atoms with E-state index in [2.05, 4.69) is 21.5 Å². The molecule has 1 saturated carbocycles. The van der Waals surface area contributed by atoms with Crippen LogP contribution < -0.4 is 15.5 Å². The fourth-order valence-corrected chi connectivity index (χ4v) is 3.74. The predicted molar refractivity (Wildman–Crippen MR) is 107 cm³/mol. The van der Waals surface area contributed by atoms with E-state index in [0.717, 1.165) is 31.6 Å². The minimum absolute atomic E-state index is 0.0857. The molecule has 3 N–H and O–H groups in total. The van der Waals surface area contributed by atoms with Crippen molar-refractivity contribution in [1.29, 1.82) is 0 Å². The van der Waals surface area contributed by atoms with E-state index in [-0.39, 0.29) is 17.7 Å². The number of hydrogen-bond donors (Lipinski definition) is 3. The van der Waals surface area contributed by atoms with Crippen molar-refractivity contribution in [2.75, 3.05) is 18.0 Å². The van der Waals surface area contributed by atoms with Crippen molar-refractivity contribution >= 4 is 23.3 Å². The number of anilines is 1. The first-order valence-corrected chi connectivity index (χ1v) is 9.92. The van der Waals surface area contributed by atoms with E-state index in [1.54, 1.807) is 24.5 Å². The molecule has 0 radical (unpaired) electrons. The third-order valence-corrected chi connectivity index (χ3v) is 5.34. The molecular weight excluding hydrogens is 372 g/mol. The minimum atomic E-state index is -1.11. The van der Waals surface area contributed by atoms with Gasteiger partial charge in [-0.05, 0) is 50.9 Å². The predicted octanol–water partition coefficient (Wildman–Crippen LogP) is 0.580. The Bertz CT molecular complexity index is 782. The fourth-order valence-electron chi connectivity index (χ4n) is 3.74. The number of amides is 1. The normalized spacial score (nSPS) is 18.9. The Hall–Kier alpha value is -2.92. The average Bonchev–Trinajstić information content (AvgIpc) is 3.56. The van der Waals surface area contributed by atoms with Crippen molar-refractivity contribution in [3.63, 3.8) is 0 Å². The van der Waals surface area contributed by atoms with Crippen molar-refractivity contribution in [3.05, 3.63) is 24.5 Å². The molecule has 3 rings (SSSR count). The molecule has 1 amide bonds. The van der Waals surface area contributed by atoms with Crippen LogP contribution in [0, 0.1) is 18.3 Å². The molecule has 1 saturated heterocycles. The van der Waals surface area contributed by atoms with Gasteiger partial charge in [0.15, 0.2) is 11.8 Å². The molecule has 1 aliphatic heterocycles. The summed E-state index contributed by atoms with van der Waals surface area (Å²) in [7, 11) is 0. The van der Waals surface area contributed by atoms with Crippen molar-refractivity contribution in [2.45, 2.75) is 50.2 Å².